The summed E-state index contributed by atoms with van der Waals surface area (Å²) in [6.45, 7) is 0. The minimum atomic E-state index is -3.84. The fraction of sp³-hybridized carbons (Fsp3) is 0. The Labute approximate surface area is 157 Å². The second-order valence-corrected chi connectivity index (χ2v) is 7.79. The van der Waals surface area contributed by atoms with E-state index in [1.165, 1.54) is 24.4 Å². The van der Waals surface area contributed by atoms with Gasteiger partial charge < -0.3 is 4.57 Å². The molecule has 4 rings (SSSR count). The van der Waals surface area contributed by atoms with Crippen molar-refractivity contribution in [2.24, 2.45) is 0 Å². The molecule has 134 valence electrons. The van der Waals surface area contributed by atoms with Gasteiger partial charge in [0.15, 0.2) is 0 Å². The van der Waals surface area contributed by atoms with E-state index in [-0.39, 0.29) is 16.4 Å². The van der Waals surface area contributed by atoms with E-state index in [9.17, 15) is 13.2 Å². The molecule has 6 heteroatoms. The van der Waals surface area contributed by atoms with Crippen molar-refractivity contribution in [2.75, 3.05) is 0 Å². The molecule has 0 N–H and O–H groups in total. The van der Waals surface area contributed by atoms with Gasteiger partial charge in [0.25, 0.3) is 10.0 Å². The lowest BCUT2D eigenvalue weighted by atomic mass is 10.2. The third kappa shape index (κ3) is 3.11. The van der Waals surface area contributed by atoms with Crippen LogP contribution < -0.4 is 0 Å². The van der Waals surface area contributed by atoms with Gasteiger partial charge in [-0.05, 0) is 42.5 Å². The molecule has 2 heterocycles. The lowest BCUT2D eigenvalue weighted by Crippen LogP contribution is -2.18. The van der Waals surface area contributed by atoms with E-state index in [4.69, 9.17) is 0 Å². The van der Waals surface area contributed by atoms with Crippen molar-refractivity contribution in [3.05, 3.63) is 109 Å². The van der Waals surface area contributed by atoms with Gasteiger partial charge in [-0.3, -0.25) is 4.79 Å². The zero-order chi connectivity index (χ0) is 18.9. The third-order valence-electron chi connectivity index (χ3n) is 4.26. The van der Waals surface area contributed by atoms with Gasteiger partial charge in [0.05, 0.1) is 4.90 Å². The molecule has 0 aliphatic carbocycles. The van der Waals surface area contributed by atoms with Gasteiger partial charge >= 0.3 is 0 Å². The van der Waals surface area contributed by atoms with Crippen LogP contribution in [0.25, 0.3) is 5.69 Å². The largest absolute Gasteiger partial charge is 0.323 e. The summed E-state index contributed by atoms with van der Waals surface area (Å²) in [5.74, 6) is -0.353. The lowest BCUT2D eigenvalue weighted by Gasteiger charge is -2.09. The first-order valence-corrected chi connectivity index (χ1v) is 9.77. The number of carbonyl (C=O) groups is 1. The summed E-state index contributed by atoms with van der Waals surface area (Å²) in [5.41, 5.74) is 1.44. The fourth-order valence-electron chi connectivity index (χ4n) is 2.90. The van der Waals surface area contributed by atoms with Crippen molar-refractivity contribution in [3.63, 3.8) is 0 Å². The normalized spacial score (nSPS) is 11.4. The number of benzene rings is 2. The Kier molecular flexibility index (Phi) is 4.25. The summed E-state index contributed by atoms with van der Waals surface area (Å²) in [7, 11) is -3.84. The van der Waals surface area contributed by atoms with Crippen molar-refractivity contribution in [2.45, 2.75) is 4.90 Å². The maximum Gasteiger partial charge on any atom is 0.268 e. The average molecular weight is 376 g/mol. The van der Waals surface area contributed by atoms with Gasteiger partial charge in [0.2, 0.25) is 5.78 Å². The Hall–Kier alpha value is -3.38. The van der Waals surface area contributed by atoms with Crippen molar-refractivity contribution in [1.29, 1.82) is 0 Å². The van der Waals surface area contributed by atoms with Crippen LogP contribution in [0, 0.1) is 0 Å². The van der Waals surface area contributed by atoms with Crippen molar-refractivity contribution in [1.82, 2.24) is 8.54 Å². The number of hydrogen-bond donors (Lipinski definition) is 0. The second-order valence-electron chi connectivity index (χ2n) is 5.98. The molecule has 0 saturated carbocycles. The summed E-state index contributed by atoms with van der Waals surface area (Å²) in [4.78, 5) is 13.1. The second kappa shape index (κ2) is 6.74. The quantitative estimate of drug-likeness (QED) is 0.499. The predicted molar refractivity (Wildman–Crippen MR) is 103 cm³/mol. The number of aromatic nitrogens is 2. The van der Waals surface area contributed by atoms with Crippen LogP contribution >= 0.6 is 0 Å². The lowest BCUT2D eigenvalue weighted by molar-refractivity contribution is 0.103. The summed E-state index contributed by atoms with van der Waals surface area (Å²) >= 11 is 0. The van der Waals surface area contributed by atoms with E-state index < -0.39 is 10.0 Å². The van der Waals surface area contributed by atoms with E-state index in [2.05, 4.69) is 0 Å². The molecule has 0 atom stereocenters. The zero-order valence-corrected chi connectivity index (χ0v) is 15.1. The Balaban J connectivity index is 1.71. The molecule has 0 radical (unpaired) electrons. The molecule has 0 fully saturated rings. The van der Waals surface area contributed by atoms with Crippen LogP contribution in [0.1, 0.15) is 16.1 Å². The standard InChI is InChI=1S/C21H16N2O3S/c24-21(17-13-15-22(16-17)18-8-3-1-4-9-18)20-12-7-14-23(20)27(25,26)19-10-5-2-6-11-19/h1-16H. The first-order chi connectivity index (χ1) is 13.1. The average Bonchev–Trinajstić information content (AvgIpc) is 3.39. The van der Waals surface area contributed by atoms with Gasteiger partial charge in [-0.1, -0.05) is 36.4 Å². The number of carbonyl (C=O) groups excluding carboxylic acids is 1. The first kappa shape index (κ1) is 17.1. The van der Waals surface area contributed by atoms with Gasteiger partial charge in [-0.25, -0.2) is 12.4 Å². The number of hydrogen-bond acceptors (Lipinski definition) is 3. The maximum absolute atomic E-state index is 13.0. The Morgan fingerprint density at radius 3 is 2.11 bits per heavy atom. The van der Waals surface area contributed by atoms with E-state index in [1.807, 2.05) is 34.9 Å². The highest BCUT2D eigenvalue weighted by atomic mass is 32.2. The molecule has 0 bridgehead atoms. The molecule has 0 saturated heterocycles. The number of rotatable bonds is 5. The van der Waals surface area contributed by atoms with Crippen molar-refractivity contribution in [3.8, 4) is 5.69 Å². The first-order valence-electron chi connectivity index (χ1n) is 8.33. The smallest absolute Gasteiger partial charge is 0.268 e. The fourth-order valence-corrected chi connectivity index (χ4v) is 4.26. The summed E-state index contributed by atoms with van der Waals surface area (Å²) in [6, 6.07) is 22.4. The van der Waals surface area contributed by atoms with E-state index in [0.29, 0.717) is 5.56 Å². The van der Waals surface area contributed by atoms with E-state index in [1.54, 1.807) is 42.7 Å². The Morgan fingerprint density at radius 2 is 1.41 bits per heavy atom. The number of ketones is 1. The highest BCUT2D eigenvalue weighted by Gasteiger charge is 2.23. The molecule has 27 heavy (non-hydrogen) atoms. The molecule has 0 unspecified atom stereocenters. The highest BCUT2D eigenvalue weighted by molar-refractivity contribution is 7.90. The molecule has 4 aromatic rings. The van der Waals surface area contributed by atoms with Crippen LogP contribution in [0.5, 0.6) is 0 Å². The Bertz CT molecular complexity index is 1190. The molecule has 2 aromatic heterocycles. The van der Waals surface area contributed by atoms with E-state index in [0.717, 1.165) is 9.66 Å². The molecule has 0 aliphatic rings. The topological polar surface area (TPSA) is 61.1 Å². The third-order valence-corrected chi connectivity index (χ3v) is 5.96. The highest BCUT2D eigenvalue weighted by Crippen LogP contribution is 2.20. The van der Waals surface area contributed by atoms with Crippen molar-refractivity contribution < 1.29 is 13.2 Å². The summed E-state index contributed by atoms with van der Waals surface area (Å²) in [5, 5.41) is 0. The molecule has 0 amide bonds. The molecular formula is C21H16N2O3S. The summed E-state index contributed by atoms with van der Waals surface area (Å²) in [6.07, 6.45) is 4.87. The van der Waals surface area contributed by atoms with Gasteiger partial charge in [-0.15, -0.1) is 0 Å². The minimum Gasteiger partial charge on any atom is -0.323 e. The van der Waals surface area contributed by atoms with Crippen LogP contribution in [-0.4, -0.2) is 22.7 Å². The maximum atomic E-state index is 13.0. The molecule has 2 aromatic carbocycles. The van der Waals surface area contributed by atoms with E-state index >= 15 is 0 Å². The van der Waals surface area contributed by atoms with Crippen LogP contribution in [0.2, 0.25) is 0 Å². The van der Waals surface area contributed by atoms with Gasteiger partial charge in [0, 0.05) is 29.8 Å². The summed E-state index contributed by atoms with van der Waals surface area (Å²) < 4.78 is 28.6. The van der Waals surface area contributed by atoms with Crippen molar-refractivity contribution >= 4 is 15.8 Å². The number of para-hydroxylation sites is 1. The molecular weight excluding hydrogens is 360 g/mol. The SMILES string of the molecule is O=C(c1ccn(-c2ccccc2)c1)c1cccn1S(=O)(=O)c1ccccc1. The van der Waals surface area contributed by atoms with Crippen LogP contribution in [0.15, 0.2) is 102 Å². The number of nitrogens with zero attached hydrogens (tertiary/aromatic N) is 2. The van der Waals surface area contributed by atoms with Crippen LogP contribution in [-0.2, 0) is 10.0 Å². The molecule has 5 nitrogen and oxygen atoms in total. The molecule has 0 spiro atoms. The monoisotopic (exact) mass is 376 g/mol. The van der Waals surface area contributed by atoms with Gasteiger partial charge in [0.1, 0.15) is 5.69 Å². The minimum absolute atomic E-state index is 0.102. The zero-order valence-electron chi connectivity index (χ0n) is 14.3. The van der Waals surface area contributed by atoms with Crippen LogP contribution in [0.3, 0.4) is 0 Å². The Morgan fingerprint density at radius 1 is 0.741 bits per heavy atom. The molecule has 0 aliphatic heterocycles. The van der Waals surface area contributed by atoms with Crippen LogP contribution in [0.4, 0.5) is 0 Å². The van der Waals surface area contributed by atoms with Gasteiger partial charge in [-0.2, -0.15) is 0 Å². The predicted octanol–water partition coefficient (Wildman–Crippen LogP) is 3.75.